The summed E-state index contributed by atoms with van der Waals surface area (Å²) >= 11 is 6.20. The summed E-state index contributed by atoms with van der Waals surface area (Å²) in [4.78, 5) is 2.25. The molecule has 3 heteroatoms. The number of methoxy groups -OCH3 is 1. The maximum atomic E-state index is 6.20. The van der Waals surface area contributed by atoms with Gasteiger partial charge in [-0.05, 0) is 32.3 Å². The highest BCUT2D eigenvalue weighted by Crippen LogP contribution is 2.26. The molecule has 0 aromatic rings. The van der Waals surface area contributed by atoms with E-state index in [-0.39, 0.29) is 0 Å². The Hall–Kier alpha value is -0.210. The van der Waals surface area contributed by atoms with Gasteiger partial charge in [-0.25, -0.2) is 0 Å². The highest BCUT2D eigenvalue weighted by Gasteiger charge is 2.25. The summed E-state index contributed by atoms with van der Waals surface area (Å²) in [6.45, 7) is 5.94. The Morgan fingerprint density at radius 2 is 2.23 bits per heavy atom. The van der Waals surface area contributed by atoms with Crippen LogP contribution in [0.4, 0.5) is 0 Å². The second kappa shape index (κ2) is 4.87. The van der Waals surface area contributed by atoms with Gasteiger partial charge in [-0.1, -0.05) is 11.6 Å². The Bertz CT molecular complexity index is 199. The van der Waals surface area contributed by atoms with Crippen molar-refractivity contribution in [1.29, 1.82) is 0 Å². The molecule has 1 saturated heterocycles. The maximum absolute atomic E-state index is 6.20. The van der Waals surface area contributed by atoms with Crippen LogP contribution in [-0.4, -0.2) is 31.2 Å². The van der Waals surface area contributed by atoms with E-state index in [1.165, 1.54) is 18.4 Å². The number of hydrogen-bond donors (Lipinski definition) is 0. The van der Waals surface area contributed by atoms with Crippen molar-refractivity contribution in [2.24, 2.45) is 0 Å². The highest BCUT2D eigenvalue weighted by atomic mass is 35.5. The molecule has 0 amide bonds. The van der Waals surface area contributed by atoms with Crippen LogP contribution in [0.25, 0.3) is 0 Å². The molecule has 0 N–H and O–H groups in total. The standard InChI is InChI=1S/C10H18ClNO/c1-8(2)10(11)12-6-4-5-9(12)7-13-3/h9H,4-7H2,1-3H3/t9-/m0/s1. The molecule has 0 saturated carbocycles. The van der Waals surface area contributed by atoms with Crippen LogP contribution < -0.4 is 0 Å². The molecule has 76 valence electrons. The molecule has 2 nitrogen and oxygen atoms in total. The van der Waals surface area contributed by atoms with E-state index < -0.39 is 0 Å². The Labute approximate surface area is 85.5 Å². The fourth-order valence-electron chi connectivity index (χ4n) is 1.75. The zero-order chi connectivity index (χ0) is 9.84. The van der Waals surface area contributed by atoms with Crippen LogP contribution in [-0.2, 0) is 4.74 Å². The Morgan fingerprint density at radius 3 is 2.77 bits per heavy atom. The van der Waals surface area contributed by atoms with Gasteiger partial charge in [0.15, 0.2) is 0 Å². The lowest BCUT2D eigenvalue weighted by atomic mass is 10.2. The van der Waals surface area contributed by atoms with Gasteiger partial charge in [0.25, 0.3) is 0 Å². The first-order valence-electron chi connectivity index (χ1n) is 4.75. The lowest BCUT2D eigenvalue weighted by Crippen LogP contribution is -2.31. The lowest BCUT2D eigenvalue weighted by Gasteiger charge is -2.26. The first kappa shape index (κ1) is 10.9. The normalized spacial score (nSPS) is 22.2. The Morgan fingerprint density at radius 1 is 1.54 bits per heavy atom. The monoisotopic (exact) mass is 203 g/mol. The molecule has 1 atom stereocenters. The first-order chi connectivity index (χ1) is 6.16. The molecular formula is C10H18ClNO. The Balaban J connectivity index is 2.63. The molecule has 0 bridgehead atoms. The van der Waals surface area contributed by atoms with Crippen molar-refractivity contribution in [2.45, 2.75) is 32.7 Å². The molecule has 0 spiro atoms. The van der Waals surface area contributed by atoms with Gasteiger partial charge in [0, 0.05) is 13.7 Å². The van der Waals surface area contributed by atoms with E-state index in [1.54, 1.807) is 7.11 Å². The summed E-state index contributed by atoms with van der Waals surface area (Å²) in [5, 5.41) is 0.902. The second-order valence-electron chi connectivity index (χ2n) is 3.74. The molecule has 0 aromatic heterocycles. The van der Waals surface area contributed by atoms with Gasteiger partial charge in [-0.3, -0.25) is 0 Å². The van der Waals surface area contributed by atoms with E-state index >= 15 is 0 Å². The van der Waals surface area contributed by atoms with Crippen LogP contribution in [0.5, 0.6) is 0 Å². The number of allylic oxidation sites excluding steroid dienone is 1. The van der Waals surface area contributed by atoms with Gasteiger partial charge in [0.05, 0.1) is 12.6 Å². The van der Waals surface area contributed by atoms with Crippen LogP contribution >= 0.6 is 11.6 Å². The minimum absolute atomic E-state index is 0.479. The molecule has 1 fully saturated rings. The number of rotatable bonds is 3. The van der Waals surface area contributed by atoms with Crippen molar-refractivity contribution in [3.63, 3.8) is 0 Å². The number of likely N-dealkylation sites (tertiary alicyclic amines) is 1. The molecule has 1 heterocycles. The van der Waals surface area contributed by atoms with Crippen LogP contribution in [0.2, 0.25) is 0 Å². The Kier molecular flexibility index (Phi) is 4.07. The zero-order valence-corrected chi connectivity index (χ0v) is 9.40. The number of halogens is 1. The average molecular weight is 204 g/mol. The number of hydrogen-bond acceptors (Lipinski definition) is 2. The van der Waals surface area contributed by atoms with Crippen molar-refractivity contribution < 1.29 is 4.74 Å². The van der Waals surface area contributed by atoms with E-state index in [0.717, 1.165) is 18.3 Å². The first-order valence-corrected chi connectivity index (χ1v) is 5.13. The van der Waals surface area contributed by atoms with Crippen LogP contribution in [0.15, 0.2) is 10.7 Å². The number of ether oxygens (including phenoxy) is 1. The molecule has 0 radical (unpaired) electrons. The predicted octanol–water partition coefficient (Wildman–Crippen LogP) is 2.59. The van der Waals surface area contributed by atoms with E-state index in [9.17, 15) is 0 Å². The summed E-state index contributed by atoms with van der Waals surface area (Å²) in [6.07, 6.45) is 2.41. The smallest absolute Gasteiger partial charge is 0.103 e. The van der Waals surface area contributed by atoms with E-state index in [4.69, 9.17) is 16.3 Å². The van der Waals surface area contributed by atoms with Crippen LogP contribution in [0.3, 0.4) is 0 Å². The summed E-state index contributed by atoms with van der Waals surface area (Å²) in [5.41, 5.74) is 1.18. The molecule has 1 aliphatic rings. The molecule has 0 aromatic carbocycles. The van der Waals surface area contributed by atoms with Gasteiger partial charge in [-0.15, -0.1) is 0 Å². The summed E-state index contributed by atoms with van der Waals surface area (Å²) in [5.74, 6) is 0. The molecule has 0 unspecified atom stereocenters. The van der Waals surface area contributed by atoms with E-state index in [1.807, 2.05) is 13.8 Å². The minimum Gasteiger partial charge on any atom is -0.383 e. The van der Waals surface area contributed by atoms with Gasteiger partial charge < -0.3 is 9.64 Å². The molecule has 1 aliphatic heterocycles. The topological polar surface area (TPSA) is 12.5 Å². The van der Waals surface area contributed by atoms with Gasteiger partial charge in [0.2, 0.25) is 0 Å². The summed E-state index contributed by atoms with van der Waals surface area (Å²) in [6, 6.07) is 0.479. The summed E-state index contributed by atoms with van der Waals surface area (Å²) < 4.78 is 5.16. The molecular weight excluding hydrogens is 186 g/mol. The third kappa shape index (κ3) is 2.61. The molecule has 0 aliphatic carbocycles. The minimum atomic E-state index is 0.479. The largest absolute Gasteiger partial charge is 0.383 e. The fourth-order valence-corrected chi connectivity index (χ4v) is 1.97. The lowest BCUT2D eigenvalue weighted by molar-refractivity contribution is 0.135. The van der Waals surface area contributed by atoms with Crippen LogP contribution in [0.1, 0.15) is 26.7 Å². The molecule has 1 rings (SSSR count). The SMILES string of the molecule is COC[C@@H]1CCCN1C(Cl)=C(C)C. The zero-order valence-electron chi connectivity index (χ0n) is 8.64. The van der Waals surface area contributed by atoms with E-state index in [0.29, 0.717) is 6.04 Å². The van der Waals surface area contributed by atoms with E-state index in [2.05, 4.69) is 4.90 Å². The highest BCUT2D eigenvalue weighted by molar-refractivity contribution is 6.29. The van der Waals surface area contributed by atoms with Crippen molar-refractivity contribution >= 4 is 11.6 Å². The maximum Gasteiger partial charge on any atom is 0.103 e. The third-order valence-electron chi connectivity index (χ3n) is 2.40. The van der Waals surface area contributed by atoms with Gasteiger partial charge in [0.1, 0.15) is 5.16 Å². The van der Waals surface area contributed by atoms with Gasteiger partial charge in [-0.2, -0.15) is 0 Å². The number of nitrogens with zero attached hydrogens (tertiary/aromatic N) is 1. The second-order valence-corrected chi connectivity index (χ2v) is 4.09. The third-order valence-corrected chi connectivity index (χ3v) is 3.00. The quantitative estimate of drug-likeness (QED) is 0.654. The van der Waals surface area contributed by atoms with Crippen molar-refractivity contribution in [2.75, 3.05) is 20.3 Å². The summed E-state index contributed by atoms with van der Waals surface area (Å²) in [7, 11) is 1.74. The average Bonchev–Trinajstić information content (AvgIpc) is 2.52. The van der Waals surface area contributed by atoms with Gasteiger partial charge >= 0.3 is 0 Å². The van der Waals surface area contributed by atoms with Crippen molar-refractivity contribution in [1.82, 2.24) is 4.90 Å². The van der Waals surface area contributed by atoms with Crippen molar-refractivity contribution in [3.05, 3.63) is 10.7 Å². The van der Waals surface area contributed by atoms with Crippen molar-refractivity contribution in [3.8, 4) is 0 Å². The van der Waals surface area contributed by atoms with Crippen LogP contribution in [0, 0.1) is 0 Å². The molecule has 13 heavy (non-hydrogen) atoms. The predicted molar refractivity (Wildman–Crippen MR) is 55.8 cm³/mol. The fraction of sp³-hybridized carbons (Fsp3) is 0.800.